The number of methoxy groups -OCH3 is 1. The van der Waals surface area contributed by atoms with Gasteiger partial charge in [0.1, 0.15) is 0 Å². The van der Waals surface area contributed by atoms with Gasteiger partial charge in [0.25, 0.3) is 0 Å². The van der Waals surface area contributed by atoms with Gasteiger partial charge in [0.05, 0.1) is 7.11 Å². The van der Waals surface area contributed by atoms with Gasteiger partial charge < -0.3 is 15.6 Å². The second-order valence-corrected chi connectivity index (χ2v) is 5.88. The highest BCUT2D eigenvalue weighted by atomic mass is 35.5. The predicted octanol–water partition coefficient (Wildman–Crippen LogP) is 2.75. The van der Waals surface area contributed by atoms with Crippen molar-refractivity contribution in [1.29, 1.82) is 0 Å². The Morgan fingerprint density at radius 1 is 1.17 bits per heavy atom. The molecule has 1 heterocycles. The largest absolute Gasteiger partial charge is 0.504 e. The Hall–Kier alpha value is -1.75. The minimum Gasteiger partial charge on any atom is -0.504 e. The molecular weight excluding hydrogens is 312 g/mol. The Labute approximate surface area is 143 Å². The van der Waals surface area contributed by atoms with E-state index in [2.05, 4.69) is 29.2 Å². The fraction of sp³-hybridized carbons (Fsp3) is 0.333. The van der Waals surface area contributed by atoms with Crippen LogP contribution >= 0.6 is 12.4 Å². The van der Waals surface area contributed by atoms with Gasteiger partial charge in [-0.25, -0.2) is 0 Å². The number of benzene rings is 2. The predicted molar refractivity (Wildman–Crippen MR) is 94.3 cm³/mol. The van der Waals surface area contributed by atoms with Crippen molar-refractivity contribution in [2.24, 2.45) is 5.73 Å². The van der Waals surface area contributed by atoms with Crippen LogP contribution < -0.4 is 10.5 Å². The normalized spacial score (nSPS) is 21.0. The molecule has 2 atom stereocenters. The lowest BCUT2D eigenvalue weighted by atomic mass is 9.95. The fourth-order valence-electron chi connectivity index (χ4n) is 3.19. The van der Waals surface area contributed by atoms with E-state index in [-0.39, 0.29) is 24.2 Å². The molecule has 3 N–H and O–H groups in total. The highest BCUT2D eigenvalue weighted by molar-refractivity contribution is 5.85. The lowest BCUT2D eigenvalue weighted by molar-refractivity contribution is 0.322. The molecule has 0 radical (unpaired) electrons. The molecule has 0 aliphatic carbocycles. The summed E-state index contributed by atoms with van der Waals surface area (Å²) < 4.78 is 5.08. The van der Waals surface area contributed by atoms with Gasteiger partial charge in [-0.3, -0.25) is 4.90 Å². The van der Waals surface area contributed by atoms with E-state index in [0.717, 1.165) is 25.2 Å². The van der Waals surface area contributed by atoms with Gasteiger partial charge in [0.2, 0.25) is 0 Å². The van der Waals surface area contributed by atoms with E-state index in [1.807, 2.05) is 12.1 Å². The van der Waals surface area contributed by atoms with Gasteiger partial charge in [0.15, 0.2) is 11.5 Å². The van der Waals surface area contributed by atoms with Gasteiger partial charge >= 0.3 is 0 Å². The van der Waals surface area contributed by atoms with Crippen LogP contribution in [0.5, 0.6) is 11.5 Å². The van der Waals surface area contributed by atoms with E-state index < -0.39 is 0 Å². The Bertz CT molecular complexity index is 636. The van der Waals surface area contributed by atoms with Crippen molar-refractivity contribution in [3.05, 3.63) is 59.7 Å². The van der Waals surface area contributed by atoms with Crippen LogP contribution in [0.4, 0.5) is 0 Å². The molecule has 1 fully saturated rings. The zero-order valence-corrected chi connectivity index (χ0v) is 14.0. The second kappa shape index (κ2) is 7.68. The molecule has 3 rings (SSSR count). The van der Waals surface area contributed by atoms with Crippen molar-refractivity contribution in [3.63, 3.8) is 0 Å². The van der Waals surface area contributed by atoms with Crippen molar-refractivity contribution < 1.29 is 9.84 Å². The molecule has 0 spiro atoms. The molecule has 0 amide bonds. The number of hydrogen-bond acceptors (Lipinski definition) is 4. The quantitative estimate of drug-likeness (QED) is 0.902. The lowest BCUT2D eigenvalue weighted by Crippen LogP contribution is -2.28. The van der Waals surface area contributed by atoms with Crippen molar-refractivity contribution in [1.82, 2.24) is 4.90 Å². The van der Waals surface area contributed by atoms with E-state index in [1.165, 1.54) is 5.56 Å². The number of hydrogen-bond donors (Lipinski definition) is 2. The van der Waals surface area contributed by atoms with E-state index in [1.54, 1.807) is 19.2 Å². The number of nitrogens with two attached hydrogens (primary N) is 1. The molecular formula is C18H23ClN2O2. The van der Waals surface area contributed by atoms with E-state index in [0.29, 0.717) is 11.7 Å². The van der Waals surface area contributed by atoms with Crippen LogP contribution in [-0.4, -0.2) is 36.2 Å². The first-order chi connectivity index (χ1) is 10.7. The molecule has 1 aliphatic rings. The number of phenols is 1. The molecule has 4 nitrogen and oxygen atoms in total. The Morgan fingerprint density at radius 3 is 2.57 bits per heavy atom. The zero-order valence-electron chi connectivity index (χ0n) is 13.2. The first-order valence-electron chi connectivity index (χ1n) is 7.56. The van der Waals surface area contributed by atoms with Crippen molar-refractivity contribution >= 4 is 12.4 Å². The fourth-order valence-corrected chi connectivity index (χ4v) is 3.19. The smallest absolute Gasteiger partial charge is 0.160 e. The van der Waals surface area contributed by atoms with Crippen molar-refractivity contribution in [3.8, 4) is 11.5 Å². The van der Waals surface area contributed by atoms with Crippen LogP contribution in [0.15, 0.2) is 48.5 Å². The van der Waals surface area contributed by atoms with E-state index in [4.69, 9.17) is 10.5 Å². The third-order valence-electron chi connectivity index (χ3n) is 4.32. The molecule has 124 valence electrons. The third-order valence-corrected chi connectivity index (χ3v) is 4.32. The Balaban J connectivity index is 0.00000192. The maximum absolute atomic E-state index is 9.88. The van der Waals surface area contributed by atoms with Gasteiger partial charge in [-0.1, -0.05) is 36.4 Å². The molecule has 2 aromatic rings. The van der Waals surface area contributed by atoms with Gasteiger partial charge in [0, 0.05) is 31.6 Å². The van der Waals surface area contributed by atoms with Gasteiger partial charge in [-0.05, 0) is 23.3 Å². The van der Waals surface area contributed by atoms with Crippen molar-refractivity contribution in [2.75, 3.05) is 20.2 Å². The number of nitrogens with zero attached hydrogens (tertiary/aromatic N) is 1. The molecule has 23 heavy (non-hydrogen) atoms. The number of aromatic hydroxyl groups is 1. The minimum absolute atomic E-state index is 0. The molecule has 0 saturated carbocycles. The molecule has 2 aromatic carbocycles. The number of halogens is 1. The average Bonchev–Trinajstić information content (AvgIpc) is 2.89. The maximum Gasteiger partial charge on any atom is 0.160 e. The molecule has 1 saturated heterocycles. The summed E-state index contributed by atoms with van der Waals surface area (Å²) in [5, 5.41) is 9.88. The van der Waals surface area contributed by atoms with Crippen LogP contribution in [0.25, 0.3) is 0 Å². The second-order valence-electron chi connectivity index (χ2n) is 5.88. The first-order valence-corrected chi connectivity index (χ1v) is 7.56. The minimum atomic E-state index is 0. The molecule has 0 aromatic heterocycles. The first kappa shape index (κ1) is 17.6. The summed E-state index contributed by atoms with van der Waals surface area (Å²) in [4.78, 5) is 2.34. The molecule has 1 aliphatic heterocycles. The molecule has 0 bridgehead atoms. The topological polar surface area (TPSA) is 58.7 Å². The summed E-state index contributed by atoms with van der Waals surface area (Å²) in [6.45, 7) is 2.60. The molecule has 5 heteroatoms. The van der Waals surface area contributed by atoms with Crippen LogP contribution in [0.1, 0.15) is 17.0 Å². The molecule has 0 unspecified atom stereocenters. The summed E-state index contributed by atoms with van der Waals surface area (Å²) in [5.41, 5.74) is 8.69. The van der Waals surface area contributed by atoms with E-state index in [9.17, 15) is 5.11 Å². The summed E-state index contributed by atoms with van der Waals surface area (Å²) in [6, 6.07) is 16.1. The van der Waals surface area contributed by atoms with E-state index >= 15 is 0 Å². The number of ether oxygens (including phenoxy) is 1. The number of phenolic OH excluding ortho intramolecular Hbond substituents is 1. The van der Waals surface area contributed by atoms with Crippen LogP contribution in [-0.2, 0) is 6.54 Å². The Kier molecular flexibility index (Phi) is 5.88. The van der Waals surface area contributed by atoms with Gasteiger partial charge in [-0.2, -0.15) is 0 Å². The van der Waals surface area contributed by atoms with Gasteiger partial charge in [-0.15, -0.1) is 12.4 Å². The van der Waals surface area contributed by atoms with Crippen molar-refractivity contribution in [2.45, 2.75) is 18.5 Å². The lowest BCUT2D eigenvalue weighted by Gasteiger charge is -2.16. The summed E-state index contributed by atoms with van der Waals surface area (Å²) in [6.07, 6.45) is 0. The Morgan fingerprint density at radius 2 is 1.91 bits per heavy atom. The summed E-state index contributed by atoms with van der Waals surface area (Å²) in [7, 11) is 1.55. The summed E-state index contributed by atoms with van der Waals surface area (Å²) in [5.74, 6) is 1.06. The maximum atomic E-state index is 9.88. The SMILES string of the molecule is COc1ccc(CN2C[C@@H](N)[C@H](c3ccccc3)C2)cc1O.Cl. The third kappa shape index (κ3) is 3.96. The van der Waals surface area contributed by atoms with Crippen LogP contribution in [0.2, 0.25) is 0 Å². The standard InChI is InChI=1S/C18H22N2O2.ClH/c1-22-18-8-7-13(9-17(18)21)10-20-11-15(16(19)12-20)14-5-3-2-4-6-14;/h2-9,15-16,21H,10-12,19H2,1H3;1H/t15-,16+;/m0./s1. The summed E-state index contributed by atoms with van der Waals surface area (Å²) >= 11 is 0. The highest BCUT2D eigenvalue weighted by Gasteiger charge is 2.31. The van der Waals surface area contributed by atoms with Crippen LogP contribution in [0, 0.1) is 0 Å². The average molecular weight is 335 g/mol. The zero-order chi connectivity index (χ0) is 15.5. The number of likely N-dealkylation sites (tertiary alicyclic amines) is 1. The van der Waals surface area contributed by atoms with Crippen LogP contribution in [0.3, 0.4) is 0 Å². The number of rotatable bonds is 4. The highest BCUT2D eigenvalue weighted by Crippen LogP contribution is 2.30. The monoisotopic (exact) mass is 334 g/mol.